The highest BCUT2D eigenvalue weighted by atomic mass is 15.4. The molecule has 2 nitrogen and oxygen atoms in total. The van der Waals surface area contributed by atoms with Crippen molar-refractivity contribution in [3.05, 3.63) is 42.5 Å². The molecule has 1 rings (SSSR count). The van der Waals surface area contributed by atoms with Crippen molar-refractivity contribution in [1.29, 1.82) is 0 Å². The predicted octanol–water partition coefficient (Wildman–Crippen LogP) is 3.89. The molecule has 0 saturated carbocycles. The van der Waals surface area contributed by atoms with Gasteiger partial charge in [0, 0.05) is 6.54 Å². The van der Waals surface area contributed by atoms with Gasteiger partial charge in [0.25, 0.3) is 0 Å². The third-order valence-corrected chi connectivity index (χ3v) is 2.76. The fraction of sp³-hybridized carbons (Fsp3) is 0.467. The van der Waals surface area contributed by atoms with E-state index in [1.807, 2.05) is 35.3 Å². The summed E-state index contributed by atoms with van der Waals surface area (Å²) in [6, 6.07) is 10.1. The Labute approximate surface area is 105 Å². The van der Waals surface area contributed by atoms with Crippen LogP contribution in [0.25, 0.3) is 0 Å². The normalized spacial score (nSPS) is 10.9. The number of allylic oxidation sites excluding steroid dienone is 2. The van der Waals surface area contributed by atoms with Crippen LogP contribution in [-0.4, -0.2) is 6.54 Å². The van der Waals surface area contributed by atoms with E-state index in [1.165, 1.54) is 19.3 Å². The topological polar surface area (TPSA) is 29.3 Å². The molecule has 0 spiro atoms. The predicted molar refractivity (Wildman–Crippen MR) is 75.9 cm³/mol. The first-order valence-corrected chi connectivity index (χ1v) is 6.57. The smallest absolute Gasteiger partial charge is 0.0517 e. The molecule has 0 aliphatic heterocycles. The van der Waals surface area contributed by atoms with Crippen LogP contribution >= 0.6 is 0 Å². The van der Waals surface area contributed by atoms with Crippen molar-refractivity contribution in [2.75, 3.05) is 11.6 Å². The lowest BCUT2D eigenvalue weighted by atomic mass is 10.2. The van der Waals surface area contributed by atoms with Gasteiger partial charge < -0.3 is 5.01 Å². The zero-order chi connectivity index (χ0) is 12.3. The number of hydrogen-bond acceptors (Lipinski definition) is 2. The Morgan fingerprint density at radius 2 is 1.82 bits per heavy atom. The Bertz CT molecular complexity index is 306. The molecule has 0 heterocycles. The van der Waals surface area contributed by atoms with Crippen LogP contribution in [0.15, 0.2) is 42.5 Å². The van der Waals surface area contributed by atoms with Gasteiger partial charge in [-0.1, -0.05) is 43.7 Å². The molecule has 1 aromatic carbocycles. The molecule has 0 aliphatic rings. The summed E-state index contributed by atoms with van der Waals surface area (Å²) >= 11 is 0. The van der Waals surface area contributed by atoms with E-state index in [4.69, 9.17) is 5.84 Å². The van der Waals surface area contributed by atoms with E-state index >= 15 is 0 Å². The Balaban J connectivity index is 2.09. The third kappa shape index (κ3) is 6.12. The first kappa shape index (κ1) is 13.8. The lowest BCUT2D eigenvalue weighted by Crippen LogP contribution is -2.31. The number of nitrogens with zero attached hydrogens (tertiary/aromatic N) is 1. The molecule has 0 amide bonds. The van der Waals surface area contributed by atoms with Crippen LogP contribution in [0.5, 0.6) is 0 Å². The number of benzene rings is 1. The van der Waals surface area contributed by atoms with Crippen LogP contribution in [0.1, 0.15) is 39.0 Å². The first-order chi connectivity index (χ1) is 8.34. The fourth-order valence-electron chi connectivity index (χ4n) is 1.75. The SMILES string of the molecule is CCC=CCCCCCN(N)c1ccccc1. The van der Waals surface area contributed by atoms with E-state index in [2.05, 4.69) is 19.1 Å². The van der Waals surface area contributed by atoms with Crippen LogP contribution in [-0.2, 0) is 0 Å². The van der Waals surface area contributed by atoms with E-state index in [0.717, 1.165) is 25.1 Å². The highest BCUT2D eigenvalue weighted by molar-refractivity contribution is 5.43. The molecule has 0 aromatic heterocycles. The van der Waals surface area contributed by atoms with Crippen LogP contribution in [0.4, 0.5) is 5.69 Å². The van der Waals surface area contributed by atoms with Gasteiger partial charge in [-0.25, -0.2) is 5.84 Å². The van der Waals surface area contributed by atoms with E-state index in [0.29, 0.717) is 0 Å². The first-order valence-electron chi connectivity index (χ1n) is 6.57. The minimum Gasteiger partial charge on any atom is -0.311 e. The van der Waals surface area contributed by atoms with Crippen LogP contribution in [0.3, 0.4) is 0 Å². The number of rotatable bonds is 8. The van der Waals surface area contributed by atoms with Gasteiger partial charge in [0.1, 0.15) is 0 Å². The van der Waals surface area contributed by atoms with Gasteiger partial charge in [0.05, 0.1) is 5.69 Å². The number of hydrogen-bond donors (Lipinski definition) is 1. The maximum atomic E-state index is 5.98. The van der Waals surface area contributed by atoms with Gasteiger partial charge in [-0.2, -0.15) is 0 Å². The second kappa shape index (κ2) is 8.82. The third-order valence-electron chi connectivity index (χ3n) is 2.76. The largest absolute Gasteiger partial charge is 0.311 e. The number of unbranched alkanes of at least 4 members (excludes halogenated alkanes) is 3. The van der Waals surface area contributed by atoms with Crippen molar-refractivity contribution in [3.63, 3.8) is 0 Å². The summed E-state index contributed by atoms with van der Waals surface area (Å²) in [5, 5.41) is 1.84. The van der Waals surface area contributed by atoms with Crippen molar-refractivity contribution in [2.24, 2.45) is 5.84 Å². The maximum Gasteiger partial charge on any atom is 0.0517 e. The zero-order valence-electron chi connectivity index (χ0n) is 10.8. The molecule has 94 valence electrons. The second-order valence-electron chi connectivity index (χ2n) is 4.26. The summed E-state index contributed by atoms with van der Waals surface area (Å²) in [5.74, 6) is 5.98. The van der Waals surface area contributed by atoms with Gasteiger partial charge in [0.15, 0.2) is 0 Å². The molecule has 0 atom stereocenters. The summed E-state index contributed by atoms with van der Waals surface area (Å²) in [7, 11) is 0. The van der Waals surface area contributed by atoms with E-state index < -0.39 is 0 Å². The molecule has 0 fully saturated rings. The Hall–Kier alpha value is -1.28. The quantitative estimate of drug-likeness (QED) is 0.319. The monoisotopic (exact) mass is 232 g/mol. The molecule has 0 radical (unpaired) electrons. The van der Waals surface area contributed by atoms with Crippen molar-refractivity contribution in [1.82, 2.24) is 0 Å². The standard InChI is InChI=1S/C15H24N2/c1-2-3-4-5-6-7-11-14-17(16)15-12-9-8-10-13-15/h3-4,8-10,12-13H,2,5-7,11,14,16H2,1H3. The van der Waals surface area contributed by atoms with Crippen LogP contribution < -0.4 is 10.9 Å². The molecule has 0 bridgehead atoms. The Morgan fingerprint density at radius 1 is 1.06 bits per heavy atom. The molecule has 2 heteroatoms. The summed E-state index contributed by atoms with van der Waals surface area (Å²) in [6.07, 6.45) is 10.5. The van der Waals surface area contributed by atoms with Crippen molar-refractivity contribution >= 4 is 5.69 Å². The number of hydrazine groups is 1. The van der Waals surface area contributed by atoms with Gasteiger partial charge in [-0.15, -0.1) is 0 Å². The number of anilines is 1. The summed E-state index contributed by atoms with van der Waals surface area (Å²) in [6.45, 7) is 3.10. The molecular weight excluding hydrogens is 208 g/mol. The second-order valence-corrected chi connectivity index (χ2v) is 4.26. The Morgan fingerprint density at radius 3 is 2.53 bits per heavy atom. The summed E-state index contributed by atoms with van der Waals surface area (Å²) in [5.41, 5.74) is 1.10. The Kier molecular flexibility index (Phi) is 7.15. The molecular formula is C15H24N2. The summed E-state index contributed by atoms with van der Waals surface area (Å²) < 4.78 is 0. The molecule has 0 aliphatic carbocycles. The van der Waals surface area contributed by atoms with Crippen molar-refractivity contribution in [3.8, 4) is 0 Å². The fourth-order valence-corrected chi connectivity index (χ4v) is 1.75. The van der Waals surface area contributed by atoms with Crippen LogP contribution in [0, 0.1) is 0 Å². The molecule has 17 heavy (non-hydrogen) atoms. The van der Waals surface area contributed by atoms with E-state index in [9.17, 15) is 0 Å². The zero-order valence-corrected chi connectivity index (χ0v) is 10.8. The lowest BCUT2D eigenvalue weighted by Gasteiger charge is -2.18. The van der Waals surface area contributed by atoms with Crippen molar-refractivity contribution < 1.29 is 0 Å². The maximum absolute atomic E-state index is 5.98. The van der Waals surface area contributed by atoms with Gasteiger partial charge >= 0.3 is 0 Å². The number of nitrogens with two attached hydrogens (primary N) is 1. The van der Waals surface area contributed by atoms with Gasteiger partial charge in [-0.05, 0) is 37.8 Å². The average Bonchev–Trinajstić information content (AvgIpc) is 2.38. The minimum atomic E-state index is 0.932. The highest BCUT2D eigenvalue weighted by Crippen LogP contribution is 2.10. The summed E-state index contributed by atoms with van der Waals surface area (Å²) in [4.78, 5) is 0. The minimum absolute atomic E-state index is 0.932. The average molecular weight is 232 g/mol. The molecule has 0 saturated heterocycles. The van der Waals surface area contributed by atoms with Gasteiger partial charge in [0.2, 0.25) is 0 Å². The van der Waals surface area contributed by atoms with Crippen LogP contribution in [0.2, 0.25) is 0 Å². The highest BCUT2D eigenvalue weighted by Gasteiger charge is 1.98. The molecule has 0 unspecified atom stereocenters. The lowest BCUT2D eigenvalue weighted by molar-refractivity contribution is 0.665. The van der Waals surface area contributed by atoms with E-state index in [-0.39, 0.29) is 0 Å². The van der Waals surface area contributed by atoms with Gasteiger partial charge in [-0.3, -0.25) is 0 Å². The number of para-hydroxylation sites is 1. The van der Waals surface area contributed by atoms with E-state index in [1.54, 1.807) is 0 Å². The van der Waals surface area contributed by atoms with Crippen molar-refractivity contribution in [2.45, 2.75) is 39.0 Å². The molecule has 1 aromatic rings. The molecule has 2 N–H and O–H groups in total.